The number of carbonyl (C=O) groups is 6. The Morgan fingerprint density at radius 3 is 1.47 bits per heavy atom. The fourth-order valence-electron chi connectivity index (χ4n) is 7.67. The van der Waals surface area contributed by atoms with E-state index in [-0.39, 0.29) is 67.3 Å². The lowest BCUT2D eigenvalue weighted by Gasteiger charge is -2.14. The van der Waals surface area contributed by atoms with Crippen LogP contribution in [0.1, 0.15) is 95.7 Å². The molecule has 1 atom stereocenters. The van der Waals surface area contributed by atoms with Crippen molar-refractivity contribution in [3.05, 3.63) is 162 Å². The number of halogens is 2. The first-order chi connectivity index (χ1) is 37.5. The molecule has 0 radical (unpaired) electrons. The number of aryl methyl sites for hydroxylation is 2. The molecule has 0 fully saturated rings. The van der Waals surface area contributed by atoms with Crippen LogP contribution in [0.4, 0.5) is 11.4 Å². The maximum atomic E-state index is 12.5. The number of nitrogens with one attached hydrogen (secondary N) is 7. The summed E-state index contributed by atoms with van der Waals surface area (Å²) < 4.78 is 14.7. The van der Waals surface area contributed by atoms with Gasteiger partial charge < -0.3 is 56.2 Å². The van der Waals surface area contributed by atoms with E-state index in [9.17, 15) is 28.8 Å². The molecule has 0 saturated heterocycles. The van der Waals surface area contributed by atoms with Crippen LogP contribution in [-0.2, 0) is 46.2 Å². The van der Waals surface area contributed by atoms with Crippen LogP contribution >= 0.6 is 45.9 Å². The first-order valence-corrected chi connectivity index (χ1v) is 26.8. The quantitative estimate of drug-likeness (QED) is 0.0146. The number of amides is 4. The van der Waals surface area contributed by atoms with Crippen LogP contribution in [0.5, 0.6) is 0 Å². The second-order valence-electron chi connectivity index (χ2n) is 17.1. The summed E-state index contributed by atoms with van der Waals surface area (Å²) >= 11 is 14.1. The monoisotopic (exact) mass is 1130 g/mol. The van der Waals surface area contributed by atoms with Crippen molar-refractivity contribution >= 4 is 121 Å². The normalized spacial score (nSPS) is 11.2. The Hall–Kier alpha value is -8.15. The average Bonchev–Trinajstić information content (AvgIpc) is 4.24. The van der Waals surface area contributed by atoms with Gasteiger partial charge in [0.2, 0.25) is 0 Å². The molecule has 4 amide bonds. The van der Waals surface area contributed by atoms with E-state index in [1.807, 2.05) is 71.8 Å². The second kappa shape index (κ2) is 27.2. The molecule has 78 heavy (non-hydrogen) atoms. The number of fused-ring (bicyclic) bond motifs is 2. The van der Waals surface area contributed by atoms with E-state index in [4.69, 9.17) is 43.8 Å². The predicted molar refractivity (Wildman–Crippen MR) is 303 cm³/mol. The number of hydrogen-bond donors (Lipinski definition) is 8. The van der Waals surface area contributed by atoms with E-state index in [0.717, 1.165) is 51.0 Å². The van der Waals surface area contributed by atoms with E-state index in [2.05, 4.69) is 41.9 Å². The van der Waals surface area contributed by atoms with Gasteiger partial charge in [0.05, 0.1) is 79.6 Å². The highest BCUT2D eigenvalue weighted by molar-refractivity contribution is 7.18. The number of carbonyl (C=O) groups excluding carboxylic acids is 6. The smallest absolute Gasteiger partial charge is 0.307 e. The Morgan fingerprint density at radius 2 is 1.04 bits per heavy atom. The third-order valence-corrected chi connectivity index (χ3v) is 14.2. The number of nitrogens with two attached hydrogens (primary N) is 1. The van der Waals surface area contributed by atoms with Crippen LogP contribution < -0.4 is 37.6 Å². The number of esters is 2. The summed E-state index contributed by atoms with van der Waals surface area (Å²) in [4.78, 5) is 82.8. The van der Waals surface area contributed by atoms with Gasteiger partial charge in [0.1, 0.15) is 23.7 Å². The van der Waals surface area contributed by atoms with Gasteiger partial charge in [-0.3, -0.25) is 34.2 Å². The van der Waals surface area contributed by atoms with E-state index in [0.29, 0.717) is 72.5 Å². The molecular formula is C54H56Cl2N12O8S2. The zero-order valence-electron chi connectivity index (χ0n) is 42.8. The average molecular weight is 1140 g/mol. The number of rotatable bonds is 21. The second-order valence-corrected chi connectivity index (χ2v) is 20.5. The minimum absolute atomic E-state index is 0.00726. The molecule has 0 saturated carbocycles. The van der Waals surface area contributed by atoms with Crippen molar-refractivity contribution in [2.45, 2.75) is 45.9 Å². The zero-order valence-corrected chi connectivity index (χ0v) is 46.0. The highest BCUT2D eigenvalue weighted by Crippen LogP contribution is 2.25. The van der Waals surface area contributed by atoms with E-state index < -0.39 is 6.17 Å². The largest absolute Gasteiger partial charge is 0.466 e. The van der Waals surface area contributed by atoms with Gasteiger partial charge in [0.25, 0.3) is 23.6 Å². The summed E-state index contributed by atoms with van der Waals surface area (Å²) in [6, 6.07) is 31.8. The van der Waals surface area contributed by atoms with Crippen molar-refractivity contribution in [3.63, 3.8) is 0 Å². The molecule has 0 aliphatic carbocycles. The number of anilines is 2. The van der Waals surface area contributed by atoms with Gasteiger partial charge in [-0.05, 0) is 116 Å². The van der Waals surface area contributed by atoms with Crippen molar-refractivity contribution in [3.8, 4) is 0 Å². The Morgan fingerprint density at radius 1 is 0.603 bits per heavy atom. The number of amidine groups is 1. The van der Waals surface area contributed by atoms with Gasteiger partial charge in [-0.2, -0.15) is 0 Å². The molecule has 0 aliphatic rings. The molecule has 0 spiro atoms. The summed E-state index contributed by atoms with van der Waals surface area (Å²) in [6.07, 6.45) is -0.431. The molecule has 9 N–H and O–H groups in total. The molecule has 406 valence electrons. The fraction of sp³-hybridized carbons (Fsp3) is 0.241. The van der Waals surface area contributed by atoms with Crippen molar-refractivity contribution in [2.24, 2.45) is 19.8 Å². The molecule has 0 aliphatic heterocycles. The molecule has 8 rings (SSSR count). The lowest BCUT2D eigenvalue weighted by molar-refractivity contribution is -0.143. The maximum Gasteiger partial charge on any atom is 0.307 e. The SMILES string of the molecule is CCOC(=O)CCNC(=O)c1ccc2c(c1)nc(CNc1ccc(C(=N)NC(=O)c3ccc(Cl)s3)cc1)n2C.CCOC(=O)CCNC(=O)c1ccc2c(c1)nc(CNc1ccc(C(N)NC(=O)c3ccc(Cl)s3)cc1)n2C. The van der Waals surface area contributed by atoms with Gasteiger partial charge >= 0.3 is 11.9 Å². The van der Waals surface area contributed by atoms with E-state index in [1.54, 1.807) is 74.5 Å². The van der Waals surface area contributed by atoms with Crippen LogP contribution in [0.3, 0.4) is 0 Å². The lowest BCUT2D eigenvalue weighted by Crippen LogP contribution is -2.33. The van der Waals surface area contributed by atoms with Crippen molar-refractivity contribution < 1.29 is 38.2 Å². The highest BCUT2D eigenvalue weighted by atomic mass is 35.5. The van der Waals surface area contributed by atoms with Crippen LogP contribution in [0.25, 0.3) is 22.1 Å². The third kappa shape index (κ3) is 15.5. The lowest BCUT2D eigenvalue weighted by atomic mass is 10.1. The topological polar surface area (TPSA) is 279 Å². The Kier molecular flexibility index (Phi) is 20.1. The van der Waals surface area contributed by atoms with Gasteiger partial charge in [0.15, 0.2) is 0 Å². The van der Waals surface area contributed by atoms with Crippen LogP contribution in [0.2, 0.25) is 8.67 Å². The number of aromatic nitrogens is 4. The minimum Gasteiger partial charge on any atom is -0.466 e. The van der Waals surface area contributed by atoms with Crippen molar-refractivity contribution in [2.75, 3.05) is 36.9 Å². The molecule has 4 heterocycles. The summed E-state index contributed by atoms with van der Waals surface area (Å²) in [7, 11) is 3.82. The molecule has 0 bridgehead atoms. The fourth-order valence-corrected chi connectivity index (χ4v) is 9.55. The van der Waals surface area contributed by atoms with Crippen molar-refractivity contribution in [1.82, 2.24) is 40.4 Å². The number of imidazole rings is 2. The Balaban J connectivity index is 0.000000226. The molecule has 20 nitrogen and oxygen atoms in total. The summed E-state index contributed by atoms with van der Waals surface area (Å²) in [5, 5.41) is 25.6. The number of hydrogen-bond acceptors (Lipinski definition) is 16. The summed E-state index contributed by atoms with van der Waals surface area (Å²) in [6.45, 7) is 5.37. The van der Waals surface area contributed by atoms with Crippen LogP contribution in [0, 0.1) is 5.41 Å². The molecular weight excluding hydrogens is 1080 g/mol. The molecule has 4 aromatic heterocycles. The van der Waals surface area contributed by atoms with Gasteiger partial charge in [-0.1, -0.05) is 35.3 Å². The number of benzene rings is 4. The Labute approximate surface area is 466 Å². The van der Waals surface area contributed by atoms with Gasteiger partial charge in [0, 0.05) is 55.2 Å². The van der Waals surface area contributed by atoms with Gasteiger partial charge in [-0.15, -0.1) is 22.7 Å². The minimum atomic E-state index is -0.663. The Bertz CT molecular complexity index is 3470. The molecule has 1 unspecified atom stereocenters. The first-order valence-electron chi connectivity index (χ1n) is 24.4. The molecule has 24 heteroatoms. The summed E-state index contributed by atoms with van der Waals surface area (Å²) in [5.41, 5.74) is 13.2. The standard InChI is InChI=1S/C27H29ClN6O4S.C27H27ClN6O4S/c2*1-3-38-24(35)12-13-30-26(36)17-6-9-20-19(14-17)32-23(34(20)2)15-31-18-7-4-16(5-8-18)25(29)33-27(37)21-10-11-22(28)39-21/h4-11,14,25,31H,3,12-13,15,29H2,1-2H3,(H,30,36)(H,33,37);4-11,14,31H,3,12-13,15H2,1-2H3,(H,30,36)(H2,29,33,37). The zero-order chi connectivity index (χ0) is 55.9. The summed E-state index contributed by atoms with van der Waals surface area (Å²) in [5.74, 6) is -0.371. The maximum absolute atomic E-state index is 12.5. The highest BCUT2D eigenvalue weighted by Gasteiger charge is 2.18. The number of thiophene rings is 2. The van der Waals surface area contributed by atoms with Crippen molar-refractivity contribution in [1.29, 1.82) is 5.41 Å². The number of ether oxygens (including phenoxy) is 2. The first kappa shape index (κ1) is 57.6. The predicted octanol–water partition coefficient (Wildman–Crippen LogP) is 8.31. The molecule has 4 aromatic carbocycles. The number of nitrogens with zero attached hydrogens (tertiary/aromatic N) is 4. The van der Waals surface area contributed by atoms with Gasteiger partial charge in [-0.25, -0.2) is 9.97 Å². The van der Waals surface area contributed by atoms with Crippen LogP contribution in [-0.4, -0.2) is 86.8 Å². The van der Waals surface area contributed by atoms with E-state index >= 15 is 0 Å². The van der Waals surface area contributed by atoms with Crippen LogP contribution in [0.15, 0.2) is 109 Å². The van der Waals surface area contributed by atoms with E-state index in [1.165, 1.54) is 11.3 Å². The molecule has 8 aromatic rings. The third-order valence-electron chi connectivity index (χ3n) is 11.8.